The summed E-state index contributed by atoms with van der Waals surface area (Å²) in [5.74, 6) is -0.262. The van der Waals surface area contributed by atoms with Crippen LogP contribution in [0, 0.1) is 0 Å². The van der Waals surface area contributed by atoms with Crippen LogP contribution in [0.2, 0.25) is 0 Å². The van der Waals surface area contributed by atoms with E-state index >= 15 is 0 Å². The fraction of sp³-hybridized carbons (Fsp3) is 0.333. The average Bonchev–Trinajstić information content (AvgIpc) is 3.59. The third-order valence-corrected chi connectivity index (χ3v) is 8.38. The molecule has 1 aromatic heterocycles. The molecule has 4 aromatic rings. The van der Waals surface area contributed by atoms with Crippen LogP contribution in [-0.2, 0) is 32.2 Å². The molecule has 2 heterocycles. The van der Waals surface area contributed by atoms with E-state index < -0.39 is 12.3 Å². The molecule has 44 heavy (non-hydrogen) atoms. The molecular formula is C33H36N4O6S. The number of aliphatic carboxylic acids is 1. The van der Waals surface area contributed by atoms with Gasteiger partial charge in [0.25, 0.3) is 0 Å². The Morgan fingerprint density at radius 3 is 2.45 bits per heavy atom. The van der Waals surface area contributed by atoms with E-state index in [0.29, 0.717) is 38.0 Å². The number of thioether (sulfide) groups is 1. The minimum Gasteiger partial charge on any atom is -0.481 e. The second-order valence-electron chi connectivity index (χ2n) is 10.7. The zero-order valence-corrected chi connectivity index (χ0v) is 25.0. The van der Waals surface area contributed by atoms with Crippen molar-refractivity contribution in [3.8, 4) is 11.1 Å². The van der Waals surface area contributed by atoms with Gasteiger partial charge in [0, 0.05) is 37.1 Å². The summed E-state index contributed by atoms with van der Waals surface area (Å²) in [5, 5.41) is 28.7. The molecular weight excluding hydrogens is 580 g/mol. The number of aliphatic hydroxyl groups is 1. The molecule has 1 fully saturated rings. The van der Waals surface area contributed by atoms with Gasteiger partial charge in [-0.3, -0.25) is 14.7 Å². The lowest BCUT2D eigenvalue weighted by atomic mass is 9.99. The summed E-state index contributed by atoms with van der Waals surface area (Å²) in [7, 11) is 0. The number of ether oxygens (including phenoxy) is 2. The summed E-state index contributed by atoms with van der Waals surface area (Å²) < 4.78 is 13.0. The van der Waals surface area contributed by atoms with Crippen LogP contribution in [0.25, 0.3) is 11.1 Å². The quantitative estimate of drug-likeness (QED) is 0.106. The van der Waals surface area contributed by atoms with Gasteiger partial charge in [-0.1, -0.05) is 72.4 Å². The SMILES string of the molecule is O=C(O)CCCCC(=O)NCc1cccc(-c2cccc([C@@H]3O[C@H](CSc4ncn[nH]4)C[C@H](c4ccc(CO)cc4)O3)c2)c1. The molecule has 3 atom stereocenters. The van der Waals surface area contributed by atoms with Crippen molar-refractivity contribution >= 4 is 23.6 Å². The second-order valence-corrected chi connectivity index (χ2v) is 11.7. The Morgan fingerprint density at radius 2 is 1.70 bits per heavy atom. The monoisotopic (exact) mass is 616 g/mol. The van der Waals surface area contributed by atoms with E-state index in [1.165, 1.54) is 6.33 Å². The van der Waals surface area contributed by atoms with E-state index in [0.717, 1.165) is 38.5 Å². The number of nitrogens with zero attached hydrogens (tertiary/aromatic N) is 2. The normalized spacial score (nSPS) is 18.2. The zero-order chi connectivity index (χ0) is 30.7. The molecule has 10 nitrogen and oxygen atoms in total. The van der Waals surface area contributed by atoms with Gasteiger partial charge in [-0.05, 0) is 52.8 Å². The first-order valence-electron chi connectivity index (χ1n) is 14.6. The van der Waals surface area contributed by atoms with Gasteiger partial charge in [-0.25, -0.2) is 4.98 Å². The topological polar surface area (TPSA) is 147 Å². The van der Waals surface area contributed by atoms with Crippen molar-refractivity contribution in [2.75, 3.05) is 5.75 Å². The van der Waals surface area contributed by atoms with Crippen LogP contribution >= 0.6 is 11.8 Å². The number of amides is 1. The minimum atomic E-state index is -0.845. The van der Waals surface area contributed by atoms with Gasteiger partial charge in [-0.15, -0.1) is 0 Å². The molecule has 0 radical (unpaired) electrons. The lowest BCUT2D eigenvalue weighted by molar-refractivity contribution is -0.245. The number of carbonyl (C=O) groups excluding carboxylic acids is 1. The van der Waals surface area contributed by atoms with E-state index in [4.69, 9.17) is 14.6 Å². The van der Waals surface area contributed by atoms with Crippen LogP contribution in [0.15, 0.2) is 84.3 Å². The summed E-state index contributed by atoms with van der Waals surface area (Å²) in [5.41, 5.74) is 5.74. The summed E-state index contributed by atoms with van der Waals surface area (Å²) in [6, 6.07) is 23.9. The van der Waals surface area contributed by atoms with Gasteiger partial charge in [-0.2, -0.15) is 5.10 Å². The molecule has 1 aliphatic heterocycles. The number of carboxylic acid groups (broad SMARTS) is 1. The van der Waals surface area contributed by atoms with Crippen molar-refractivity contribution in [3.05, 3.63) is 101 Å². The number of nitrogens with one attached hydrogen (secondary N) is 2. The first-order valence-corrected chi connectivity index (χ1v) is 15.6. The molecule has 1 amide bonds. The highest BCUT2D eigenvalue weighted by atomic mass is 32.2. The maximum atomic E-state index is 12.2. The number of aromatic amines is 1. The van der Waals surface area contributed by atoms with Crippen LogP contribution in [0.4, 0.5) is 0 Å². The number of unbranched alkanes of at least 4 members (excludes halogenated alkanes) is 1. The second kappa shape index (κ2) is 15.6. The van der Waals surface area contributed by atoms with E-state index in [1.54, 1.807) is 11.8 Å². The molecule has 4 N–H and O–H groups in total. The van der Waals surface area contributed by atoms with Crippen molar-refractivity contribution < 1.29 is 29.3 Å². The van der Waals surface area contributed by atoms with Gasteiger partial charge in [0.15, 0.2) is 11.4 Å². The number of carboxylic acids is 1. The first-order chi connectivity index (χ1) is 21.5. The van der Waals surface area contributed by atoms with Crippen LogP contribution < -0.4 is 5.32 Å². The fourth-order valence-electron chi connectivity index (χ4n) is 5.03. The van der Waals surface area contributed by atoms with Crippen LogP contribution in [0.1, 0.15) is 66.8 Å². The first kappa shape index (κ1) is 31.4. The van der Waals surface area contributed by atoms with Gasteiger partial charge in [0.05, 0.1) is 18.8 Å². The highest BCUT2D eigenvalue weighted by Crippen LogP contribution is 2.40. The van der Waals surface area contributed by atoms with E-state index in [1.807, 2.05) is 60.7 Å². The van der Waals surface area contributed by atoms with Crippen molar-refractivity contribution in [2.24, 2.45) is 0 Å². The molecule has 11 heteroatoms. The molecule has 0 aliphatic carbocycles. The molecule has 0 spiro atoms. The fourth-order valence-corrected chi connectivity index (χ4v) is 5.83. The predicted molar refractivity (Wildman–Crippen MR) is 165 cm³/mol. The molecule has 1 aliphatic rings. The highest BCUT2D eigenvalue weighted by molar-refractivity contribution is 7.99. The predicted octanol–water partition coefficient (Wildman–Crippen LogP) is 5.56. The maximum Gasteiger partial charge on any atom is 0.303 e. The minimum absolute atomic E-state index is 0.0110. The Hall–Kier alpha value is -4.03. The smallest absolute Gasteiger partial charge is 0.303 e. The average molecular weight is 617 g/mol. The number of benzene rings is 3. The number of H-pyrrole nitrogens is 1. The van der Waals surface area contributed by atoms with Crippen molar-refractivity contribution in [3.63, 3.8) is 0 Å². The summed E-state index contributed by atoms with van der Waals surface area (Å²) in [6.45, 7) is 0.379. The third-order valence-electron chi connectivity index (χ3n) is 7.37. The summed E-state index contributed by atoms with van der Waals surface area (Å²) in [4.78, 5) is 27.1. The molecule has 230 valence electrons. The Kier molecular flexibility index (Phi) is 11.1. The van der Waals surface area contributed by atoms with Crippen LogP contribution in [-0.4, -0.2) is 49.1 Å². The van der Waals surface area contributed by atoms with Gasteiger partial charge < -0.3 is 25.0 Å². The lowest BCUT2D eigenvalue weighted by Gasteiger charge is -2.36. The Labute approximate surface area is 260 Å². The molecule has 5 rings (SSSR count). The number of hydrogen-bond donors (Lipinski definition) is 4. The zero-order valence-electron chi connectivity index (χ0n) is 24.2. The molecule has 3 aromatic carbocycles. The Bertz CT molecular complexity index is 1510. The van der Waals surface area contributed by atoms with Crippen molar-refractivity contribution in [2.45, 2.75) is 68.9 Å². The van der Waals surface area contributed by atoms with E-state index in [9.17, 15) is 14.7 Å². The van der Waals surface area contributed by atoms with E-state index in [-0.39, 0.29) is 31.1 Å². The van der Waals surface area contributed by atoms with E-state index in [2.05, 4.69) is 32.6 Å². The number of carbonyl (C=O) groups is 2. The summed E-state index contributed by atoms with van der Waals surface area (Å²) >= 11 is 1.55. The molecule has 0 saturated carbocycles. The largest absolute Gasteiger partial charge is 0.481 e. The Balaban J connectivity index is 1.27. The molecule has 1 saturated heterocycles. The highest BCUT2D eigenvalue weighted by Gasteiger charge is 2.32. The standard InChI is InChI=1S/C33H36N4O6S/c38-19-22-11-13-24(14-12-22)29-17-28(20-44-33-35-21-36-37-33)42-32(43-29)27-8-4-7-26(16-27)25-6-3-5-23(15-25)18-34-30(39)9-1-2-10-31(40)41/h3-8,11-16,21,28-29,32,38H,1-2,9-10,17-20H2,(H,34,39)(H,40,41)(H,35,36,37)/t28-,29+,32+/m0/s1. The van der Waals surface area contributed by atoms with Crippen molar-refractivity contribution in [1.29, 1.82) is 0 Å². The lowest BCUT2D eigenvalue weighted by Crippen LogP contribution is -2.31. The van der Waals surface area contributed by atoms with Gasteiger partial charge in [0.1, 0.15) is 6.33 Å². The maximum absolute atomic E-state index is 12.2. The third kappa shape index (κ3) is 8.99. The van der Waals surface area contributed by atoms with Crippen LogP contribution in [0.5, 0.6) is 0 Å². The number of aliphatic hydroxyl groups excluding tert-OH is 1. The molecule has 0 bridgehead atoms. The van der Waals surface area contributed by atoms with Gasteiger partial charge >= 0.3 is 5.97 Å². The van der Waals surface area contributed by atoms with Crippen molar-refractivity contribution in [1.82, 2.24) is 20.5 Å². The molecule has 0 unspecified atom stereocenters. The number of rotatable bonds is 14. The Morgan fingerprint density at radius 1 is 0.932 bits per heavy atom. The number of aromatic nitrogens is 3. The summed E-state index contributed by atoms with van der Waals surface area (Å²) in [6.07, 6.45) is 2.69. The van der Waals surface area contributed by atoms with Gasteiger partial charge in [0.2, 0.25) is 5.91 Å². The van der Waals surface area contributed by atoms with Crippen LogP contribution in [0.3, 0.4) is 0 Å². The number of hydrogen-bond acceptors (Lipinski definition) is 8.